The second-order valence-corrected chi connectivity index (χ2v) is 4.15. The van der Waals surface area contributed by atoms with Crippen LogP contribution in [0.15, 0.2) is 48.5 Å². The zero-order valence-corrected chi connectivity index (χ0v) is 9.30. The van der Waals surface area contributed by atoms with Crippen LogP contribution in [-0.4, -0.2) is 0 Å². The van der Waals surface area contributed by atoms with Crippen LogP contribution >= 0.6 is 0 Å². The number of hydrogen-bond acceptors (Lipinski definition) is 1. The standard InChI is InChI=1S/C16H11N/c17-11-16-14-7-3-1-5-12(14)9-10-13-6-2-4-8-15(13)16/h1-10,16H. The van der Waals surface area contributed by atoms with Gasteiger partial charge in [0.1, 0.15) is 0 Å². The molecule has 0 heterocycles. The molecule has 0 spiro atoms. The average molecular weight is 217 g/mol. The van der Waals surface area contributed by atoms with Crippen molar-refractivity contribution in [3.8, 4) is 6.07 Å². The lowest BCUT2D eigenvalue weighted by Gasteiger charge is -2.12. The molecule has 0 amide bonds. The number of rotatable bonds is 0. The van der Waals surface area contributed by atoms with Crippen LogP contribution in [0.2, 0.25) is 0 Å². The lowest BCUT2D eigenvalue weighted by molar-refractivity contribution is 1.03. The van der Waals surface area contributed by atoms with Gasteiger partial charge in [-0.2, -0.15) is 5.26 Å². The van der Waals surface area contributed by atoms with Gasteiger partial charge in [0, 0.05) is 0 Å². The molecule has 3 rings (SSSR count). The Morgan fingerprint density at radius 2 is 1.24 bits per heavy atom. The zero-order valence-electron chi connectivity index (χ0n) is 9.30. The van der Waals surface area contributed by atoms with E-state index in [2.05, 4.69) is 30.4 Å². The molecule has 1 aliphatic rings. The molecule has 0 radical (unpaired) electrons. The maximum atomic E-state index is 9.43. The highest BCUT2D eigenvalue weighted by atomic mass is 14.3. The molecular formula is C16H11N. The first-order valence-corrected chi connectivity index (χ1v) is 5.66. The Morgan fingerprint density at radius 3 is 1.71 bits per heavy atom. The summed E-state index contributed by atoms with van der Waals surface area (Å²) < 4.78 is 0. The van der Waals surface area contributed by atoms with Crippen LogP contribution in [0.1, 0.15) is 28.2 Å². The highest BCUT2D eigenvalue weighted by Crippen LogP contribution is 2.33. The third kappa shape index (κ3) is 1.55. The minimum absolute atomic E-state index is 0.169. The predicted molar refractivity (Wildman–Crippen MR) is 69.3 cm³/mol. The molecule has 0 saturated carbocycles. The van der Waals surface area contributed by atoms with Crippen molar-refractivity contribution >= 4 is 12.2 Å². The fourth-order valence-corrected chi connectivity index (χ4v) is 2.34. The topological polar surface area (TPSA) is 23.8 Å². The third-order valence-corrected chi connectivity index (χ3v) is 3.19. The summed E-state index contributed by atoms with van der Waals surface area (Å²) in [6, 6.07) is 18.6. The predicted octanol–water partition coefficient (Wildman–Crippen LogP) is 3.83. The van der Waals surface area contributed by atoms with Gasteiger partial charge in [0.25, 0.3) is 0 Å². The van der Waals surface area contributed by atoms with Crippen LogP contribution < -0.4 is 0 Å². The minimum Gasteiger partial charge on any atom is -0.197 e. The van der Waals surface area contributed by atoms with Crippen molar-refractivity contribution in [1.29, 1.82) is 5.26 Å². The van der Waals surface area contributed by atoms with Crippen LogP contribution in [0, 0.1) is 11.3 Å². The molecule has 2 aromatic rings. The van der Waals surface area contributed by atoms with Crippen LogP contribution in [0.4, 0.5) is 0 Å². The molecule has 2 aromatic carbocycles. The molecule has 0 unspecified atom stereocenters. The zero-order chi connectivity index (χ0) is 11.7. The largest absolute Gasteiger partial charge is 0.197 e. The Morgan fingerprint density at radius 1 is 0.765 bits per heavy atom. The van der Waals surface area contributed by atoms with Gasteiger partial charge < -0.3 is 0 Å². The number of nitrogens with zero attached hydrogens (tertiary/aromatic N) is 1. The van der Waals surface area contributed by atoms with Crippen LogP contribution in [0.3, 0.4) is 0 Å². The summed E-state index contributed by atoms with van der Waals surface area (Å²) in [5.74, 6) is -0.169. The lowest BCUT2D eigenvalue weighted by atomic mass is 9.89. The van der Waals surface area contributed by atoms with Crippen molar-refractivity contribution in [2.45, 2.75) is 5.92 Å². The van der Waals surface area contributed by atoms with Gasteiger partial charge in [0.15, 0.2) is 0 Å². The first-order chi connectivity index (χ1) is 8.40. The Balaban J connectivity index is 2.30. The van der Waals surface area contributed by atoms with Gasteiger partial charge in [-0.15, -0.1) is 0 Å². The molecule has 0 aromatic heterocycles. The summed E-state index contributed by atoms with van der Waals surface area (Å²) >= 11 is 0. The maximum Gasteiger partial charge on any atom is 0.0974 e. The summed E-state index contributed by atoms with van der Waals surface area (Å²) in [6.07, 6.45) is 4.18. The van der Waals surface area contributed by atoms with E-state index in [9.17, 15) is 5.26 Å². The second-order valence-electron chi connectivity index (χ2n) is 4.15. The molecule has 1 aliphatic carbocycles. The molecule has 0 fully saturated rings. The quantitative estimate of drug-likeness (QED) is 0.658. The van der Waals surface area contributed by atoms with Gasteiger partial charge >= 0.3 is 0 Å². The second kappa shape index (κ2) is 3.92. The highest BCUT2D eigenvalue weighted by molar-refractivity contribution is 5.77. The molecule has 0 aliphatic heterocycles. The van der Waals surface area contributed by atoms with E-state index in [0.29, 0.717) is 0 Å². The van der Waals surface area contributed by atoms with Gasteiger partial charge in [0.2, 0.25) is 0 Å². The van der Waals surface area contributed by atoms with Gasteiger partial charge in [-0.3, -0.25) is 0 Å². The number of hydrogen-bond donors (Lipinski definition) is 0. The lowest BCUT2D eigenvalue weighted by Crippen LogP contribution is -2.00. The van der Waals surface area contributed by atoms with Crippen molar-refractivity contribution < 1.29 is 0 Å². The number of nitriles is 1. The first-order valence-electron chi connectivity index (χ1n) is 5.66. The molecule has 0 bridgehead atoms. The molecule has 80 valence electrons. The molecule has 0 atom stereocenters. The molecular weight excluding hydrogens is 206 g/mol. The maximum absolute atomic E-state index is 9.43. The fraction of sp³-hybridized carbons (Fsp3) is 0.0625. The normalized spacial score (nSPS) is 13.4. The van der Waals surface area contributed by atoms with Gasteiger partial charge in [-0.1, -0.05) is 60.7 Å². The summed E-state index contributed by atoms with van der Waals surface area (Å²) in [5.41, 5.74) is 4.46. The van der Waals surface area contributed by atoms with Crippen LogP contribution in [0.5, 0.6) is 0 Å². The Bertz CT molecular complexity index is 582. The van der Waals surface area contributed by atoms with E-state index in [1.165, 1.54) is 0 Å². The summed E-state index contributed by atoms with van der Waals surface area (Å²) in [4.78, 5) is 0. The van der Waals surface area contributed by atoms with Gasteiger partial charge in [-0.05, 0) is 22.3 Å². The molecule has 1 nitrogen and oxygen atoms in total. The third-order valence-electron chi connectivity index (χ3n) is 3.19. The van der Waals surface area contributed by atoms with Crippen molar-refractivity contribution in [2.75, 3.05) is 0 Å². The number of benzene rings is 2. The van der Waals surface area contributed by atoms with Crippen molar-refractivity contribution in [2.24, 2.45) is 0 Å². The van der Waals surface area contributed by atoms with E-state index in [1.54, 1.807) is 0 Å². The minimum atomic E-state index is -0.169. The van der Waals surface area contributed by atoms with Gasteiger partial charge in [-0.25, -0.2) is 0 Å². The van der Waals surface area contributed by atoms with Gasteiger partial charge in [0.05, 0.1) is 12.0 Å². The monoisotopic (exact) mass is 217 g/mol. The fourth-order valence-electron chi connectivity index (χ4n) is 2.34. The van der Waals surface area contributed by atoms with E-state index < -0.39 is 0 Å². The van der Waals surface area contributed by atoms with Crippen LogP contribution in [0.25, 0.3) is 12.2 Å². The van der Waals surface area contributed by atoms with Crippen molar-refractivity contribution in [1.82, 2.24) is 0 Å². The molecule has 17 heavy (non-hydrogen) atoms. The highest BCUT2D eigenvalue weighted by Gasteiger charge is 2.19. The molecule has 0 saturated heterocycles. The Kier molecular flexibility index (Phi) is 2.27. The first kappa shape index (κ1) is 9.86. The Hall–Kier alpha value is -2.33. The average Bonchev–Trinajstić information content (AvgIpc) is 2.55. The van der Waals surface area contributed by atoms with E-state index in [4.69, 9.17) is 0 Å². The van der Waals surface area contributed by atoms with Crippen molar-refractivity contribution in [3.63, 3.8) is 0 Å². The smallest absolute Gasteiger partial charge is 0.0974 e. The SMILES string of the molecule is N#CC1c2ccccc2C=Cc2ccccc21. The van der Waals surface area contributed by atoms with Crippen LogP contribution in [-0.2, 0) is 0 Å². The van der Waals surface area contributed by atoms with E-state index in [1.807, 2.05) is 36.4 Å². The van der Waals surface area contributed by atoms with Crippen molar-refractivity contribution in [3.05, 3.63) is 70.8 Å². The summed E-state index contributed by atoms with van der Waals surface area (Å²) in [6.45, 7) is 0. The molecule has 1 heteroatoms. The number of fused-ring (bicyclic) bond motifs is 2. The Labute approximate surface area is 101 Å². The molecule has 0 N–H and O–H groups in total. The summed E-state index contributed by atoms with van der Waals surface area (Å²) in [7, 11) is 0. The van der Waals surface area contributed by atoms with E-state index >= 15 is 0 Å². The van der Waals surface area contributed by atoms with E-state index in [0.717, 1.165) is 22.3 Å². The summed E-state index contributed by atoms with van der Waals surface area (Å²) in [5, 5.41) is 9.43. The van der Waals surface area contributed by atoms with E-state index in [-0.39, 0.29) is 5.92 Å².